The van der Waals surface area contributed by atoms with E-state index < -0.39 is 0 Å². The Labute approximate surface area is 320 Å². The summed E-state index contributed by atoms with van der Waals surface area (Å²) in [6.07, 6.45) is 0. The number of nitrogens with zero attached hydrogens (tertiary/aromatic N) is 6. The Kier molecular flexibility index (Phi) is 6.53. The minimum Gasteiger partial charge on any atom is -0.246 e. The molecule has 0 saturated heterocycles. The van der Waals surface area contributed by atoms with Crippen molar-refractivity contribution in [3.63, 3.8) is 0 Å². The van der Waals surface area contributed by atoms with Crippen LogP contribution in [0.2, 0.25) is 0 Å². The minimum absolute atomic E-state index is 0.489. The maximum Gasteiger partial charge on any atom is 0.198 e. The van der Waals surface area contributed by atoms with Gasteiger partial charge in [0.15, 0.2) is 11.6 Å². The van der Waals surface area contributed by atoms with Crippen LogP contribution in [-0.4, -0.2) is 29.9 Å². The molecule has 0 aliphatic rings. The van der Waals surface area contributed by atoms with Crippen molar-refractivity contribution in [2.24, 2.45) is 0 Å². The molecule has 0 radical (unpaired) electrons. The lowest BCUT2D eigenvalue weighted by Crippen LogP contribution is -2.01. The summed E-state index contributed by atoms with van der Waals surface area (Å²) in [5.74, 6) is 0.977. The Balaban J connectivity index is 1.09. The highest BCUT2D eigenvalue weighted by Crippen LogP contribution is 2.44. The molecule has 4 heterocycles. The molecule has 0 aliphatic carbocycles. The summed E-state index contributed by atoms with van der Waals surface area (Å²) in [4.78, 5) is 31.3. The molecule has 12 aromatic rings. The van der Waals surface area contributed by atoms with Crippen LogP contribution >= 0.6 is 0 Å². The Bertz CT molecular complexity index is 3000. The second-order valence-electron chi connectivity index (χ2n) is 14.2. The van der Waals surface area contributed by atoms with Gasteiger partial charge in [-0.05, 0) is 48.5 Å². The topological polar surface area (TPSA) is 77.3 Å². The van der Waals surface area contributed by atoms with Gasteiger partial charge in [0.25, 0.3) is 0 Å². The van der Waals surface area contributed by atoms with Gasteiger partial charge in [-0.3, -0.25) is 0 Å². The second-order valence-corrected chi connectivity index (χ2v) is 14.2. The highest BCUT2D eigenvalue weighted by molar-refractivity contribution is 6.27. The first-order valence-corrected chi connectivity index (χ1v) is 18.7. The molecule has 0 spiro atoms. The smallest absolute Gasteiger partial charge is 0.198 e. The van der Waals surface area contributed by atoms with E-state index >= 15 is 0 Å². The van der Waals surface area contributed by atoms with Crippen molar-refractivity contribution >= 4 is 65.2 Å². The molecule has 0 saturated carbocycles. The Morgan fingerprint density at radius 2 is 0.464 bits per heavy atom. The third kappa shape index (κ3) is 4.56. The van der Waals surface area contributed by atoms with Crippen LogP contribution < -0.4 is 0 Å². The van der Waals surface area contributed by atoms with E-state index in [0.717, 1.165) is 110 Å². The van der Waals surface area contributed by atoms with Crippen LogP contribution in [0.15, 0.2) is 170 Å². The standard InChI is InChI=1S/C50H28N6/c1-5-13-29(14-6-1)45-33-21-25-37-43-38(26-22-34(41(33)43)46(55-45)30-15-7-2-8-16-30)52-49(51-37)50-53-39-27-23-35-42-36(24-28-40(54-50)44(39)42)48(32-19-11-4-12-20-32)56-47(35)31-17-9-3-10-18-31/h1-28H. The van der Waals surface area contributed by atoms with E-state index in [2.05, 4.69) is 146 Å². The number of hydrogen-bond donors (Lipinski definition) is 0. The van der Waals surface area contributed by atoms with Gasteiger partial charge in [-0.15, -0.1) is 0 Å². The predicted molar refractivity (Wildman–Crippen MR) is 228 cm³/mol. The van der Waals surface area contributed by atoms with E-state index in [-0.39, 0.29) is 0 Å². The van der Waals surface area contributed by atoms with Crippen LogP contribution in [0.4, 0.5) is 0 Å². The highest BCUT2D eigenvalue weighted by Gasteiger charge is 2.23. The molecule has 258 valence electrons. The first kappa shape index (κ1) is 30.7. The van der Waals surface area contributed by atoms with E-state index in [9.17, 15) is 0 Å². The average molecular weight is 713 g/mol. The van der Waals surface area contributed by atoms with Crippen molar-refractivity contribution in [2.75, 3.05) is 0 Å². The average Bonchev–Trinajstić information content (AvgIpc) is 3.27. The van der Waals surface area contributed by atoms with Crippen LogP contribution in [0.3, 0.4) is 0 Å². The quantitative estimate of drug-likeness (QED) is 0.165. The van der Waals surface area contributed by atoms with Crippen LogP contribution in [0, 0.1) is 0 Å². The summed E-state index contributed by atoms with van der Waals surface area (Å²) in [5.41, 5.74) is 11.4. The van der Waals surface area contributed by atoms with E-state index in [1.54, 1.807) is 0 Å². The third-order valence-corrected chi connectivity index (χ3v) is 11.0. The summed E-state index contributed by atoms with van der Waals surface area (Å²) in [6, 6.07) is 58.5. The highest BCUT2D eigenvalue weighted by atomic mass is 15.0. The largest absolute Gasteiger partial charge is 0.246 e. The Morgan fingerprint density at radius 1 is 0.214 bits per heavy atom. The SMILES string of the molecule is c1ccc(-c2nc(-c3ccccc3)c3ccc4nc(-c5nc6ccc7c(-c8ccccc8)nc(-c8ccccc8)c8ccc(n5)c6c78)nc5ccc2c3c54)cc1. The van der Waals surface area contributed by atoms with Gasteiger partial charge in [0.2, 0.25) is 0 Å². The van der Waals surface area contributed by atoms with Crippen molar-refractivity contribution in [3.8, 4) is 56.7 Å². The lowest BCUT2D eigenvalue weighted by Gasteiger charge is -2.18. The zero-order chi connectivity index (χ0) is 36.7. The van der Waals surface area contributed by atoms with Gasteiger partial charge in [-0.2, -0.15) is 0 Å². The number of aromatic nitrogens is 6. The van der Waals surface area contributed by atoms with Gasteiger partial charge in [0.1, 0.15) is 0 Å². The molecule has 12 rings (SSSR count). The molecule has 0 N–H and O–H groups in total. The van der Waals surface area contributed by atoms with Gasteiger partial charge < -0.3 is 0 Å². The third-order valence-electron chi connectivity index (χ3n) is 11.0. The molecular formula is C50H28N6. The first-order chi connectivity index (χ1) is 27.8. The summed E-state index contributed by atoms with van der Waals surface area (Å²) >= 11 is 0. The van der Waals surface area contributed by atoms with Crippen molar-refractivity contribution in [2.45, 2.75) is 0 Å². The molecule has 0 aliphatic heterocycles. The fourth-order valence-corrected chi connectivity index (χ4v) is 8.52. The Hall–Kier alpha value is -7.70. The number of hydrogen-bond acceptors (Lipinski definition) is 6. The monoisotopic (exact) mass is 712 g/mol. The normalized spacial score (nSPS) is 11.9. The number of pyridine rings is 2. The van der Waals surface area contributed by atoms with E-state index in [0.29, 0.717) is 11.6 Å². The zero-order valence-corrected chi connectivity index (χ0v) is 29.8. The lowest BCUT2D eigenvalue weighted by atomic mass is 9.93. The minimum atomic E-state index is 0.489. The molecule has 0 bridgehead atoms. The lowest BCUT2D eigenvalue weighted by molar-refractivity contribution is 1.16. The second kappa shape index (κ2) is 11.9. The van der Waals surface area contributed by atoms with Gasteiger partial charge in [-0.25, -0.2) is 29.9 Å². The van der Waals surface area contributed by atoms with Crippen molar-refractivity contribution in [1.82, 2.24) is 29.9 Å². The zero-order valence-electron chi connectivity index (χ0n) is 29.8. The first-order valence-electron chi connectivity index (χ1n) is 18.7. The predicted octanol–water partition coefficient (Wildman–Crippen LogP) is 12.2. The maximum atomic E-state index is 5.31. The molecular weight excluding hydrogens is 685 g/mol. The van der Waals surface area contributed by atoms with Gasteiger partial charge in [0.05, 0.1) is 44.8 Å². The van der Waals surface area contributed by atoms with Gasteiger partial charge in [0, 0.05) is 65.3 Å². The number of benzene rings is 8. The van der Waals surface area contributed by atoms with Gasteiger partial charge >= 0.3 is 0 Å². The molecule has 6 heteroatoms. The van der Waals surface area contributed by atoms with E-state index in [1.165, 1.54) is 0 Å². The molecule has 4 aromatic heterocycles. The van der Waals surface area contributed by atoms with E-state index in [4.69, 9.17) is 29.9 Å². The van der Waals surface area contributed by atoms with E-state index in [1.807, 2.05) is 24.3 Å². The van der Waals surface area contributed by atoms with Crippen LogP contribution in [0.25, 0.3) is 122 Å². The van der Waals surface area contributed by atoms with Crippen molar-refractivity contribution in [3.05, 3.63) is 170 Å². The molecule has 56 heavy (non-hydrogen) atoms. The molecule has 6 nitrogen and oxygen atoms in total. The number of rotatable bonds is 5. The molecule has 0 amide bonds. The van der Waals surface area contributed by atoms with Crippen LogP contribution in [-0.2, 0) is 0 Å². The summed E-state index contributed by atoms with van der Waals surface area (Å²) in [6.45, 7) is 0. The summed E-state index contributed by atoms with van der Waals surface area (Å²) in [7, 11) is 0. The molecule has 8 aromatic carbocycles. The fourth-order valence-electron chi connectivity index (χ4n) is 8.52. The van der Waals surface area contributed by atoms with Crippen molar-refractivity contribution in [1.29, 1.82) is 0 Å². The molecule has 0 fully saturated rings. The molecule has 0 unspecified atom stereocenters. The summed E-state index contributed by atoms with van der Waals surface area (Å²) < 4.78 is 0. The Morgan fingerprint density at radius 3 is 0.714 bits per heavy atom. The summed E-state index contributed by atoms with van der Waals surface area (Å²) in [5, 5.41) is 8.50. The maximum absolute atomic E-state index is 5.31. The molecule has 0 atom stereocenters. The van der Waals surface area contributed by atoms with Crippen molar-refractivity contribution < 1.29 is 0 Å². The van der Waals surface area contributed by atoms with Crippen LogP contribution in [0.5, 0.6) is 0 Å². The fraction of sp³-hybridized carbons (Fsp3) is 0. The van der Waals surface area contributed by atoms with Gasteiger partial charge in [-0.1, -0.05) is 121 Å². The van der Waals surface area contributed by atoms with Crippen LogP contribution in [0.1, 0.15) is 0 Å².